The van der Waals surface area contributed by atoms with E-state index in [0.29, 0.717) is 49.4 Å². The quantitative estimate of drug-likeness (QED) is 0.198. The number of aromatic nitrogens is 5. The summed E-state index contributed by atoms with van der Waals surface area (Å²) in [5.41, 5.74) is 1.06. The first kappa shape index (κ1) is 38.7. The molecule has 59 heavy (non-hydrogen) atoms. The third-order valence-corrected chi connectivity index (χ3v) is 12.3. The van der Waals surface area contributed by atoms with E-state index in [1.54, 1.807) is 29.1 Å². The second-order valence-electron chi connectivity index (χ2n) is 15.9. The Hall–Kier alpha value is -5.82. The van der Waals surface area contributed by atoms with E-state index in [0.717, 1.165) is 63.1 Å². The van der Waals surface area contributed by atoms with Crippen molar-refractivity contribution in [3.05, 3.63) is 65.2 Å². The number of hydrogen-bond acceptors (Lipinski definition) is 12. The number of alkyl halides is 2. The number of likely N-dealkylation sites (tertiary alicyclic amines) is 1. The third kappa shape index (κ3) is 7.64. The average molecular weight is 814 g/mol. The molecule has 0 radical (unpaired) electrons. The molecule has 1 saturated carbocycles. The molecule has 310 valence electrons. The number of fused-ring (bicyclic) bond motifs is 2. The van der Waals surface area contributed by atoms with E-state index in [1.165, 1.54) is 16.9 Å². The summed E-state index contributed by atoms with van der Waals surface area (Å²) in [5.74, 6) is -1.59. The SMILES string of the molecule is O=C1CCC(N2C(=O)c3cccc(NC4CCN(C[C@H]5CC[C@H](n6cc(NC(=O)c7cnn8ccc(N9CCOCC9)nc78)c(C(F)F)n6)CC5)CC4)c3C2=O)C(=O)N1. The molecule has 1 unspecified atom stereocenters. The summed E-state index contributed by atoms with van der Waals surface area (Å²) in [5, 5.41) is 16.9. The van der Waals surface area contributed by atoms with E-state index in [2.05, 4.69) is 40.9 Å². The van der Waals surface area contributed by atoms with Crippen molar-refractivity contribution in [1.29, 1.82) is 0 Å². The highest BCUT2D eigenvalue weighted by Gasteiger charge is 2.46. The molecular formula is C40H45F2N11O6. The molecule has 0 spiro atoms. The number of benzene rings is 1. The van der Waals surface area contributed by atoms with Crippen LogP contribution in [0.4, 0.5) is 26.0 Å². The van der Waals surface area contributed by atoms with Gasteiger partial charge in [-0.15, -0.1) is 0 Å². The summed E-state index contributed by atoms with van der Waals surface area (Å²) in [6, 6.07) is 5.90. The average Bonchev–Trinajstić information content (AvgIpc) is 3.94. The molecule has 5 amide bonds. The van der Waals surface area contributed by atoms with Crippen molar-refractivity contribution in [1.82, 2.24) is 39.5 Å². The summed E-state index contributed by atoms with van der Waals surface area (Å²) in [6.07, 6.45) is 6.90. The van der Waals surface area contributed by atoms with Gasteiger partial charge in [-0.25, -0.2) is 18.3 Å². The number of rotatable bonds is 10. The number of halogens is 2. The molecule has 3 saturated heterocycles. The lowest BCUT2D eigenvalue weighted by Crippen LogP contribution is -2.54. The highest BCUT2D eigenvalue weighted by Crippen LogP contribution is 2.37. The predicted molar refractivity (Wildman–Crippen MR) is 208 cm³/mol. The number of carbonyl (C=O) groups excluding carboxylic acids is 5. The molecule has 19 heteroatoms. The number of hydrogen-bond donors (Lipinski definition) is 3. The Morgan fingerprint density at radius 3 is 2.46 bits per heavy atom. The number of nitrogens with one attached hydrogen (secondary N) is 3. The highest BCUT2D eigenvalue weighted by atomic mass is 19.3. The van der Waals surface area contributed by atoms with E-state index in [9.17, 15) is 32.8 Å². The van der Waals surface area contributed by atoms with Crippen LogP contribution in [0.3, 0.4) is 0 Å². The van der Waals surface area contributed by atoms with Gasteiger partial charge >= 0.3 is 0 Å². The summed E-state index contributed by atoms with van der Waals surface area (Å²) < 4.78 is 37.0. The molecule has 4 aliphatic heterocycles. The Bertz CT molecular complexity index is 2290. The molecule has 4 aromatic rings. The molecule has 3 aromatic heterocycles. The minimum atomic E-state index is -2.88. The first-order valence-corrected chi connectivity index (χ1v) is 20.3. The van der Waals surface area contributed by atoms with Crippen LogP contribution in [0.5, 0.6) is 0 Å². The highest BCUT2D eigenvalue weighted by molar-refractivity contribution is 6.25. The number of imide groups is 2. The molecule has 17 nitrogen and oxygen atoms in total. The number of morpholine rings is 1. The molecule has 1 aliphatic carbocycles. The molecule has 0 bridgehead atoms. The van der Waals surface area contributed by atoms with Crippen molar-refractivity contribution in [2.45, 2.75) is 75.9 Å². The van der Waals surface area contributed by atoms with E-state index >= 15 is 0 Å². The fraction of sp³-hybridized carbons (Fsp3) is 0.500. The van der Waals surface area contributed by atoms with Gasteiger partial charge in [-0.1, -0.05) is 6.07 Å². The first-order valence-electron chi connectivity index (χ1n) is 20.3. The Morgan fingerprint density at radius 2 is 1.71 bits per heavy atom. The van der Waals surface area contributed by atoms with Gasteiger partial charge in [-0.2, -0.15) is 10.2 Å². The lowest BCUT2D eigenvalue weighted by Gasteiger charge is -2.37. The monoisotopic (exact) mass is 813 g/mol. The predicted octanol–water partition coefficient (Wildman–Crippen LogP) is 3.66. The van der Waals surface area contributed by atoms with Crippen LogP contribution in [0.1, 0.15) is 101 Å². The maximum atomic E-state index is 14.3. The molecule has 3 N–H and O–H groups in total. The topological polar surface area (TPSA) is 188 Å². The van der Waals surface area contributed by atoms with Crippen LogP contribution >= 0.6 is 0 Å². The standard InChI is InChI=1S/C40H45F2N11O6/c41-35(42)34-29(45-37(55)27-20-43-51-15-12-31(46-36(27)51)50-16-18-59-19-17-50)22-52(48-34)25-6-4-23(5-7-25)21-49-13-10-24(11-14-49)44-28-3-1-2-26-33(28)40(58)53(39(26)57)30-8-9-32(54)47-38(30)56/h1-3,12,15,20,22-25,30,35,44H,4-11,13-14,16-19,21H2,(H,45,55)(H,47,54,56)/t23-,25-,30?. The van der Waals surface area contributed by atoms with Gasteiger partial charge in [0.2, 0.25) is 11.8 Å². The van der Waals surface area contributed by atoms with Gasteiger partial charge in [0.25, 0.3) is 24.1 Å². The summed E-state index contributed by atoms with van der Waals surface area (Å²) in [6.45, 7) is 5.09. The second kappa shape index (κ2) is 16.1. The van der Waals surface area contributed by atoms with Crippen molar-refractivity contribution in [3.8, 4) is 0 Å². The third-order valence-electron chi connectivity index (χ3n) is 12.3. The van der Waals surface area contributed by atoms with Crippen LogP contribution in [-0.4, -0.2) is 122 Å². The van der Waals surface area contributed by atoms with E-state index in [-0.39, 0.29) is 47.3 Å². The van der Waals surface area contributed by atoms with E-state index < -0.39 is 47.7 Å². The van der Waals surface area contributed by atoms with Gasteiger partial charge in [0.05, 0.1) is 42.3 Å². The number of anilines is 3. The van der Waals surface area contributed by atoms with Gasteiger partial charge in [0.15, 0.2) is 11.3 Å². The van der Waals surface area contributed by atoms with Crippen LogP contribution in [-0.2, 0) is 14.3 Å². The lowest BCUT2D eigenvalue weighted by atomic mass is 9.85. The van der Waals surface area contributed by atoms with Crippen LogP contribution < -0.4 is 20.9 Å². The molecule has 4 fully saturated rings. The van der Waals surface area contributed by atoms with Gasteiger partial charge in [-0.05, 0) is 69.1 Å². The van der Waals surface area contributed by atoms with Gasteiger partial charge in [0.1, 0.15) is 17.4 Å². The normalized spacial score (nSPS) is 23.3. The molecule has 5 aliphatic rings. The van der Waals surface area contributed by atoms with Crippen molar-refractivity contribution in [2.75, 3.05) is 61.5 Å². The van der Waals surface area contributed by atoms with Gasteiger partial charge in [-0.3, -0.25) is 38.9 Å². The van der Waals surface area contributed by atoms with Gasteiger partial charge < -0.3 is 25.2 Å². The molecule has 7 heterocycles. The summed E-state index contributed by atoms with van der Waals surface area (Å²) >= 11 is 0. The first-order chi connectivity index (χ1) is 28.6. The molecule has 1 aromatic carbocycles. The molecule has 9 rings (SSSR count). The summed E-state index contributed by atoms with van der Waals surface area (Å²) in [7, 11) is 0. The fourth-order valence-electron chi connectivity index (χ4n) is 9.10. The minimum Gasteiger partial charge on any atom is -0.382 e. The van der Waals surface area contributed by atoms with Crippen LogP contribution in [0.25, 0.3) is 5.65 Å². The zero-order valence-corrected chi connectivity index (χ0v) is 32.3. The largest absolute Gasteiger partial charge is 0.382 e. The molecular weight excluding hydrogens is 769 g/mol. The number of amides is 5. The summed E-state index contributed by atoms with van der Waals surface area (Å²) in [4.78, 5) is 74.6. The van der Waals surface area contributed by atoms with Crippen LogP contribution in [0.15, 0.2) is 42.9 Å². The Labute approximate surface area is 337 Å². The Kier molecular flexibility index (Phi) is 10.5. The zero-order valence-electron chi connectivity index (χ0n) is 32.3. The molecule has 1 atom stereocenters. The Morgan fingerprint density at radius 1 is 0.932 bits per heavy atom. The smallest absolute Gasteiger partial charge is 0.284 e. The van der Waals surface area contributed by atoms with E-state index in [1.807, 2.05) is 6.07 Å². The second-order valence-corrected chi connectivity index (χ2v) is 15.9. The lowest BCUT2D eigenvalue weighted by molar-refractivity contribution is -0.136. The van der Waals surface area contributed by atoms with Crippen LogP contribution in [0, 0.1) is 5.92 Å². The number of carbonyl (C=O) groups is 5. The number of ether oxygens (including phenoxy) is 1. The van der Waals surface area contributed by atoms with Crippen molar-refractivity contribution < 1.29 is 37.5 Å². The van der Waals surface area contributed by atoms with Gasteiger partial charge in [0, 0.05) is 63.3 Å². The minimum absolute atomic E-state index is 0.0321. The maximum Gasteiger partial charge on any atom is 0.284 e. The van der Waals surface area contributed by atoms with Crippen molar-refractivity contribution in [3.63, 3.8) is 0 Å². The maximum absolute atomic E-state index is 14.3. The van der Waals surface area contributed by atoms with Crippen molar-refractivity contribution >= 4 is 52.4 Å². The van der Waals surface area contributed by atoms with Crippen molar-refractivity contribution in [2.24, 2.45) is 5.92 Å². The number of nitrogens with zero attached hydrogens (tertiary/aromatic N) is 8. The Balaban J connectivity index is 0.775. The van der Waals surface area contributed by atoms with E-state index in [4.69, 9.17) is 4.74 Å². The number of piperidine rings is 2. The zero-order chi connectivity index (χ0) is 40.8. The van der Waals surface area contributed by atoms with Crippen LogP contribution in [0.2, 0.25) is 0 Å². The fourth-order valence-corrected chi connectivity index (χ4v) is 9.10.